The molecule has 3 heterocycles. The summed E-state index contributed by atoms with van der Waals surface area (Å²) in [5.74, 6) is 0.699. The molecule has 9 heteroatoms. The van der Waals surface area contributed by atoms with Crippen molar-refractivity contribution in [3.63, 3.8) is 0 Å². The van der Waals surface area contributed by atoms with Crippen molar-refractivity contribution in [3.8, 4) is 11.5 Å². The predicted molar refractivity (Wildman–Crippen MR) is 100 cm³/mol. The Hall–Kier alpha value is -3.49. The molecule has 0 radical (unpaired) electrons. The van der Waals surface area contributed by atoms with Crippen molar-refractivity contribution >= 4 is 17.8 Å². The Bertz CT molecular complexity index is 957. The summed E-state index contributed by atoms with van der Waals surface area (Å²) in [4.78, 5) is 38.8. The summed E-state index contributed by atoms with van der Waals surface area (Å²) in [6.07, 6.45) is 1.51. The Kier molecular flexibility index (Phi) is 4.65. The summed E-state index contributed by atoms with van der Waals surface area (Å²) in [5, 5.41) is 5.40. The fraction of sp³-hybridized carbons (Fsp3) is 0.350. The number of rotatable bonds is 5. The van der Waals surface area contributed by atoms with Crippen molar-refractivity contribution in [1.82, 2.24) is 15.5 Å². The maximum absolute atomic E-state index is 13.0. The van der Waals surface area contributed by atoms with Crippen LogP contribution in [0.4, 0.5) is 4.79 Å². The first-order chi connectivity index (χ1) is 13.9. The molecule has 0 aliphatic carbocycles. The third-order valence-electron chi connectivity index (χ3n) is 5.04. The number of hydrogen-bond acceptors (Lipinski definition) is 6. The number of furan rings is 1. The smallest absolute Gasteiger partial charge is 0.325 e. The number of nitrogens with one attached hydrogen (secondary N) is 2. The first-order valence-electron chi connectivity index (χ1n) is 9.25. The van der Waals surface area contributed by atoms with E-state index in [2.05, 4.69) is 10.6 Å². The van der Waals surface area contributed by atoms with E-state index in [1.54, 1.807) is 44.2 Å². The normalized spacial score (nSPS) is 21.7. The molecule has 0 spiro atoms. The van der Waals surface area contributed by atoms with Gasteiger partial charge in [0.05, 0.1) is 12.3 Å². The molecule has 9 nitrogen and oxygen atoms in total. The van der Waals surface area contributed by atoms with Crippen LogP contribution in [0, 0.1) is 0 Å². The molecule has 0 saturated carbocycles. The van der Waals surface area contributed by atoms with Crippen molar-refractivity contribution < 1.29 is 28.3 Å². The van der Waals surface area contributed by atoms with Crippen LogP contribution < -0.4 is 20.1 Å². The summed E-state index contributed by atoms with van der Waals surface area (Å²) >= 11 is 0. The van der Waals surface area contributed by atoms with Crippen LogP contribution in [0.3, 0.4) is 0 Å². The van der Waals surface area contributed by atoms with Crippen LogP contribution in [-0.2, 0) is 15.1 Å². The van der Waals surface area contributed by atoms with Gasteiger partial charge < -0.3 is 24.5 Å². The summed E-state index contributed by atoms with van der Waals surface area (Å²) in [7, 11) is 0. The number of hydrogen-bond donors (Lipinski definition) is 2. The zero-order chi connectivity index (χ0) is 20.6. The van der Waals surface area contributed by atoms with E-state index >= 15 is 0 Å². The van der Waals surface area contributed by atoms with E-state index in [0.29, 0.717) is 36.0 Å². The Morgan fingerprint density at radius 3 is 2.72 bits per heavy atom. The van der Waals surface area contributed by atoms with Crippen molar-refractivity contribution in [2.24, 2.45) is 0 Å². The lowest BCUT2D eigenvalue weighted by Gasteiger charge is -2.25. The third-order valence-corrected chi connectivity index (χ3v) is 5.04. The van der Waals surface area contributed by atoms with Crippen molar-refractivity contribution in [1.29, 1.82) is 0 Å². The fourth-order valence-corrected chi connectivity index (χ4v) is 3.43. The van der Waals surface area contributed by atoms with Crippen molar-refractivity contribution in [2.45, 2.75) is 25.4 Å². The van der Waals surface area contributed by atoms with Crippen LogP contribution in [0.25, 0.3) is 0 Å². The van der Waals surface area contributed by atoms with Gasteiger partial charge in [-0.3, -0.25) is 14.5 Å². The van der Waals surface area contributed by atoms with Gasteiger partial charge in [0.15, 0.2) is 11.5 Å². The molecule has 1 aromatic heterocycles. The zero-order valence-corrected chi connectivity index (χ0v) is 16.1. The Morgan fingerprint density at radius 1 is 1.24 bits per heavy atom. The number of ether oxygens (including phenoxy) is 2. The van der Waals surface area contributed by atoms with Crippen LogP contribution in [0.1, 0.15) is 31.2 Å². The number of fused-ring (bicyclic) bond motifs is 1. The first-order valence-corrected chi connectivity index (χ1v) is 9.25. The first kappa shape index (κ1) is 18.9. The molecule has 2 aliphatic rings. The lowest BCUT2D eigenvalue weighted by atomic mass is 9.91. The second-order valence-electron chi connectivity index (χ2n) is 7.11. The molecule has 29 heavy (non-hydrogen) atoms. The fourth-order valence-electron chi connectivity index (χ4n) is 3.43. The van der Waals surface area contributed by atoms with E-state index in [4.69, 9.17) is 13.9 Å². The SMILES string of the molecule is C[C@H](NC(=O)CN1C(=O)N[C@](C)(c2ccc3c(c2)OCCO3)C1=O)c1ccco1. The Morgan fingerprint density at radius 2 is 2.00 bits per heavy atom. The third kappa shape index (κ3) is 3.39. The van der Waals surface area contributed by atoms with Gasteiger partial charge in [-0.05, 0) is 43.7 Å². The average molecular weight is 399 g/mol. The maximum atomic E-state index is 13.0. The van der Waals surface area contributed by atoms with Gasteiger partial charge in [-0.2, -0.15) is 0 Å². The number of nitrogens with zero attached hydrogens (tertiary/aromatic N) is 1. The highest BCUT2D eigenvalue weighted by Crippen LogP contribution is 2.36. The van der Waals surface area contributed by atoms with Crippen molar-refractivity contribution in [3.05, 3.63) is 47.9 Å². The van der Waals surface area contributed by atoms with E-state index in [1.165, 1.54) is 6.26 Å². The average Bonchev–Trinajstić information content (AvgIpc) is 3.32. The van der Waals surface area contributed by atoms with Gasteiger partial charge in [-0.25, -0.2) is 4.79 Å². The van der Waals surface area contributed by atoms with Gasteiger partial charge in [0.25, 0.3) is 5.91 Å². The summed E-state index contributed by atoms with van der Waals surface area (Å²) < 4.78 is 16.3. The minimum Gasteiger partial charge on any atom is -0.486 e. The van der Waals surface area contributed by atoms with E-state index in [0.717, 1.165) is 4.90 Å². The number of benzene rings is 1. The molecule has 4 rings (SSSR count). The van der Waals surface area contributed by atoms with Gasteiger partial charge in [-0.15, -0.1) is 0 Å². The van der Waals surface area contributed by atoms with Gasteiger partial charge in [0.2, 0.25) is 5.91 Å². The summed E-state index contributed by atoms with van der Waals surface area (Å²) in [6, 6.07) is 7.51. The number of urea groups is 1. The van der Waals surface area contributed by atoms with E-state index in [-0.39, 0.29) is 6.04 Å². The molecule has 2 N–H and O–H groups in total. The number of amides is 4. The Labute approximate surface area is 166 Å². The summed E-state index contributed by atoms with van der Waals surface area (Å²) in [6.45, 7) is 3.83. The molecular formula is C20H21N3O6. The van der Waals surface area contributed by atoms with Crippen LogP contribution in [-0.4, -0.2) is 42.5 Å². The number of imide groups is 1. The van der Waals surface area contributed by atoms with Crippen LogP contribution >= 0.6 is 0 Å². The molecule has 2 aromatic rings. The molecular weight excluding hydrogens is 378 g/mol. The molecule has 2 aliphatic heterocycles. The number of carbonyl (C=O) groups excluding carboxylic acids is 3. The quantitative estimate of drug-likeness (QED) is 0.741. The standard InChI is InChI=1S/C20H21N3O6/c1-12(14-4-3-7-27-14)21-17(24)11-23-18(25)20(2,22-19(23)26)13-5-6-15-16(10-13)29-9-8-28-15/h3-7,10,12H,8-9,11H2,1-2H3,(H,21,24)(H,22,26)/t12-,20+/m0/s1. The van der Waals surface area contributed by atoms with Crippen LogP contribution in [0.15, 0.2) is 41.0 Å². The molecule has 4 amide bonds. The Balaban J connectivity index is 1.48. The molecule has 152 valence electrons. The topological polar surface area (TPSA) is 110 Å². The van der Waals surface area contributed by atoms with Crippen molar-refractivity contribution in [2.75, 3.05) is 19.8 Å². The van der Waals surface area contributed by atoms with Crippen LogP contribution in [0.2, 0.25) is 0 Å². The second kappa shape index (κ2) is 7.16. The van der Waals surface area contributed by atoms with Crippen LogP contribution in [0.5, 0.6) is 11.5 Å². The molecule has 0 unspecified atom stereocenters. The monoisotopic (exact) mass is 399 g/mol. The minimum atomic E-state index is -1.31. The molecule has 0 bridgehead atoms. The molecule has 2 atom stereocenters. The number of carbonyl (C=O) groups is 3. The van der Waals surface area contributed by atoms with Gasteiger partial charge in [0.1, 0.15) is 31.1 Å². The van der Waals surface area contributed by atoms with E-state index in [1.807, 2.05) is 0 Å². The lowest BCUT2D eigenvalue weighted by molar-refractivity contribution is -0.135. The van der Waals surface area contributed by atoms with E-state index in [9.17, 15) is 14.4 Å². The van der Waals surface area contributed by atoms with Gasteiger partial charge in [-0.1, -0.05) is 6.07 Å². The summed E-state index contributed by atoms with van der Waals surface area (Å²) in [5.41, 5.74) is -0.758. The maximum Gasteiger partial charge on any atom is 0.325 e. The zero-order valence-electron chi connectivity index (χ0n) is 16.1. The molecule has 1 saturated heterocycles. The van der Waals surface area contributed by atoms with E-state index < -0.39 is 29.9 Å². The minimum absolute atomic E-state index is 0.387. The highest BCUT2D eigenvalue weighted by molar-refractivity contribution is 6.09. The highest BCUT2D eigenvalue weighted by atomic mass is 16.6. The molecule has 1 aromatic carbocycles. The van der Waals surface area contributed by atoms with Gasteiger partial charge in [0, 0.05) is 0 Å². The molecule has 1 fully saturated rings. The second-order valence-corrected chi connectivity index (χ2v) is 7.11. The van der Waals surface area contributed by atoms with Gasteiger partial charge >= 0.3 is 6.03 Å². The largest absolute Gasteiger partial charge is 0.486 e. The predicted octanol–water partition coefficient (Wildman–Crippen LogP) is 1.70. The highest BCUT2D eigenvalue weighted by Gasteiger charge is 2.49. The lowest BCUT2D eigenvalue weighted by Crippen LogP contribution is -2.43.